The SMILES string of the molecule is COc1ccccc1C1CN(CCc2ccccc2N2CCCCC2=O)C1. The maximum atomic E-state index is 12.3. The van der Waals surface area contributed by atoms with E-state index in [-0.39, 0.29) is 5.91 Å². The first-order chi connectivity index (χ1) is 13.3. The van der Waals surface area contributed by atoms with Crippen LogP contribution in [0.5, 0.6) is 5.75 Å². The maximum Gasteiger partial charge on any atom is 0.226 e. The van der Waals surface area contributed by atoms with E-state index in [1.165, 1.54) is 11.1 Å². The van der Waals surface area contributed by atoms with Crippen LogP contribution in [0.4, 0.5) is 5.69 Å². The lowest BCUT2D eigenvalue weighted by molar-refractivity contribution is -0.119. The predicted octanol–water partition coefficient (Wildman–Crippen LogP) is 3.85. The van der Waals surface area contributed by atoms with Crippen LogP contribution in [-0.4, -0.2) is 44.1 Å². The van der Waals surface area contributed by atoms with Crippen molar-refractivity contribution in [3.8, 4) is 5.75 Å². The number of hydrogen-bond acceptors (Lipinski definition) is 3. The standard InChI is InChI=1S/C23H28N2O2/c1-27-22-11-5-3-9-20(22)19-16-24(17-19)15-13-18-8-2-4-10-21(18)25-14-7-6-12-23(25)26/h2-5,8-11,19H,6-7,12-17H2,1H3. The molecule has 4 rings (SSSR count). The third-order valence-electron chi connectivity index (χ3n) is 5.84. The minimum Gasteiger partial charge on any atom is -0.496 e. The van der Waals surface area contributed by atoms with Gasteiger partial charge in [0.2, 0.25) is 5.91 Å². The summed E-state index contributed by atoms with van der Waals surface area (Å²) in [7, 11) is 1.74. The van der Waals surface area contributed by atoms with E-state index in [0.29, 0.717) is 12.3 Å². The molecule has 2 saturated heterocycles. The zero-order valence-corrected chi connectivity index (χ0v) is 16.1. The lowest BCUT2D eigenvalue weighted by Crippen LogP contribution is -2.46. The summed E-state index contributed by atoms with van der Waals surface area (Å²) >= 11 is 0. The van der Waals surface area contributed by atoms with Crippen molar-refractivity contribution in [3.05, 3.63) is 59.7 Å². The van der Waals surface area contributed by atoms with Crippen molar-refractivity contribution in [2.75, 3.05) is 38.2 Å². The van der Waals surface area contributed by atoms with Gasteiger partial charge in [0.1, 0.15) is 5.75 Å². The van der Waals surface area contributed by atoms with Crippen molar-refractivity contribution in [2.24, 2.45) is 0 Å². The largest absolute Gasteiger partial charge is 0.496 e. The summed E-state index contributed by atoms with van der Waals surface area (Å²) in [5.74, 6) is 1.82. The Labute approximate surface area is 161 Å². The Kier molecular flexibility index (Phi) is 5.44. The van der Waals surface area contributed by atoms with Crippen LogP contribution in [0, 0.1) is 0 Å². The van der Waals surface area contributed by atoms with Gasteiger partial charge in [-0.25, -0.2) is 0 Å². The molecule has 2 heterocycles. The normalized spacial score (nSPS) is 18.4. The summed E-state index contributed by atoms with van der Waals surface area (Å²) in [4.78, 5) is 16.8. The lowest BCUT2D eigenvalue weighted by atomic mass is 9.90. The minimum absolute atomic E-state index is 0.272. The van der Waals surface area contributed by atoms with E-state index in [0.717, 1.165) is 56.9 Å². The fourth-order valence-electron chi connectivity index (χ4n) is 4.28. The van der Waals surface area contributed by atoms with Crippen molar-refractivity contribution in [3.63, 3.8) is 0 Å². The molecule has 2 aromatic rings. The van der Waals surface area contributed by atoms with Gasteiger partial charge in [-0.05, 0) is 42.5 Å². The number of benzene rings is 2. The van der Waals surface area contributed by atoms with Gasteiger partial charge >= 0.3 is 0 Å². The van der Waals surface area contributed by atoms with Crippen LogP contribution in [0.1, 0.15) is 36.3 Å². The summed E-state index contributed by atoms with van der Waals surface area (Å²) < 4.78 is 5.50. The summed E-state index contributed by atoms with van der Waals surface area (Å²) in [6, 6.07) is 16.7. The number of ether oxygens (including phenoxy) is 1. The number of carbonyl (C=O) groups is 1. The Bertz CT molecular complexity index is 798. The number of carbonyl (C=O) groups excluding carboxylic acids is 1. The highest BCUT2D eigenvalue weighted by Gasteiger charge is 2.30. The van der Waals surface area contributed by atoms with E-state index in [9.17, 15) is 4.79 Å². The molecule has 0 N–H and O–H groups in total. The molecular weight excluding hydrogens is 336 g/mol. The fraction of sp³-hybridized carbons (Fsp3) is 0.435. The second kappa shape index (κ2) is 8.13. The minimum atomic E-state index is 0.272. The van der Waals surface area contributed by atoms with Gasteiger partial charge in [0.25, 0.3) is 0 Å². The predicted molar refractivity (Wildman–Crippen MR) is 109 cm³/mol. The van der Waals surface area contributed by atoms with Gasteiger partial charge in [-0.1, -0.05) is 36.4 Å². The van der Waals surface area contributed by atoms with E-state index in [4.69, 9.17) is 4.74 Å². The number of amides is 1. The molecule has 0 atom stereocenters. The monoisotopic (exact) mass is 364 g/mol. The number of rotatable bonds is 6. The zero-order valence-electron chi connectivity index (χ0n) is 16.1. The summed E-state index contributed by atoms with van der Waals surface area (Å²) in [6.07, 6.45) is 3.79. The second-order valence-corrected chi connectivity index (χ2v) is 7.58. The van der Waals surface area contributed by atoms with Crippen LogP contribution in [0.2, 0.25) is 0 Å². The van der Waals surface area contributed by atoms with Crippen molar-refractivity contribution < 1.29 is 9.53 Å². The molecule has 4 nitrogen and oxygen atoms in total. The number of hydrogen-bond donors (Lipinski definition) is 0. The molecule has 2 aliphatic heterocycles. The van der Waals surface area contributed by atoms with Gasteiger partial charge in [0.05, 0.1) is 7.11 Å². The van der Waals surface area contributed by atoms with Crippen LogP contribution in [0.25, 0.3) is 0 Å². The second-order valence-electron chi connectivity index (χ2n) is 7.58. The third-order valence-corrected chi connectivity index (χ3v) is 5.84. The van der Waals surface area contributed by atoms with Gasteiger partial charge in [-0.15, -0.1) is 0 Å². The van der Waals surface area contributed by atoms with Gasteiger partial charge in [0.15, 0.2) is 0 Å². The van der Waals surface area contributed by atoms with Crippen LogP contribution in [-0.2, 0) is 11.2 Å². The maximum absolute atomic E-state index is 12.3. The molecule has 0 aromatic heterocycles. The average Bonchev–Trinajstić information content (AvgIpc) is 2.68. The van der Waals surface area contributed by atoms with Crippen LogP contribution in [0.3, 0.4) is 0 Å². The topological polar surface area (TPSA) is 32.8 Å². The number of anilines is 1. The van der Waals surface area contributed by atoms with Gasteiger partial charge in [-0.2, -0.15) is 0 Å². The van der Waals surface area contributed by atoms with Crippen molar-refractivity contribution in [2.45, 2.75) is 31.6 Å². The van der Waals surface area contributed by atoms with Crippen molar-refractivity contribution in [1.82, 2.24) is 4.90 Å². The first-order valence-corrected chi connectivity index (χ1v) is 10.00. The summed E-state index contributed by atoms with van der Waals surface area (Å²) in [6.45, 7) is 4.04. The molecule has 142 valence electrons. The number of methoxy groups -OCH3 is 1. The molecule has 0 bridgehead atoms. The van der Waals surface area contributed by atoms with E-state index < -0.39 is 0 Å². The van der Waals surface area contributed by atoms with E-state index in [1.807, 2.05) is 23.1 Å². The Hall–Kier alpha value is -2.33. The smallest absolute Gasteiger partial charge is 0.226 e. The van der Waals surface area contributed by atoms with E-state index in [2.05, 4.69) is 35.2 Å². The average molecular weight is 364 g/mol. The number of nitrogens with zero attached hydrogens (tertiary/aromatic N) is 2. The Morgan fingerprint density at radius 1 is 1.04 bits per heavy atom. The Balaban J connectivity index is 1.36. The molecular formula is C23H28N2O2. The van der Waals surface area contributed by atoms with Crippen molar-refractivity contribution in [1.29, 1.82) is 0 Å². The van der Waals surface area contributed by atoms with Crippen molar-refractivity contribution >= 4 is 11.6 Å². The highest BCUT2D eigenvalue weighted by molar-refractivity contribution is 5.94. The molecule has 0 radical (unpaired) electrons. The molecule has 0 spiro atoms. The number of para-hydroxylation sites is 2. The van der Waals surface area contributed by atoms with Gasteiger partial charge in [-0.3, -0.25) is 4.79 Å². The quantitative estimate of drug-likeness (QED) is 0.780. The molecule has 1 amide bonds. The van der Waals surface area contributed by atoms with Crippen LogP contribution in [0.15, 0.2) is 48.5 Å². The third kappa shape index (κ3) is 3.86. The van der Waals surface area contributed by atoms with Gasteiger partial charge < -0.3 is 14.5 Å². The van der Waals surface area contributed by atoms with E-state index in [1.54, 1.807) is 7.11 Å². The lowest BCUT2D eigenvalue weighted by Gasteiger charge is -2.40. The molecule has 2 aliphatic rings. The Morgan fingerprint density at radius 3 is 2.63 bits per heavy atom. The fourth-order valence-corrected chi connectivity index (χ4v) is 4.28. The molecule has 4 heteroatoms. The molecule has 2 aromatic carbocycles. The highest BCUT2D eigenvalue weighted by atomic mass is 16.5. The summed E-state index contributed by atoms with van der Waals surface area (Å²) in [5.41, 5.74) is 3.72. The zero-order chi connectivity index (χ0) is 18.6. The summed E-state index contributed by atoms with van der Waals surface area (Å²) in [5, 5.41) is 0. The van der Waals surface area contributed by atoms with Crippen LogP contribution < -0.4 is 9.64 Å². The number of likely N-dealkylation sites (tertiary alicyclic amines) is 1. The first kappa shape index (κ1) is 18.1. The van der Waals surface area contributed by atoms with E-state index >= 15 is 0 Å². The molecule has 0 saturated carbocycles. The van der Waals surface area contributed by atoms with Crippen LogP contribution >= 0.6 is 0 Å². The molecule has 2 fully saturated rings. The molecule has 0 aliphatic carbocycles. The molecule has 27 heavy (non-hydrogen) atoms. The molecule has 0 unspecified atom stereocenters. The Morgan fingerprint density at radius 2 is 1.81 bits per heavy atom. The number of piperidine rings is 1. The van der Waals surface area contributed by atoms with Gasteiger partial charge in [0, 0.05) is 44.2 Å². The first-order valence-electron chi connectivity index (χ1n) is 10.00. The highest BCUT2D eigenvalue weighted by Crippen LogP contribution is 2.33.